The fourth-order valence-electron chi connectivity index (χ4n) is 4.44. The van der Waals surface area contributed by atoms with E-state index in [0.717, 1.165) is 19.1 Å². The summed E-state index contributed by atoms with van der Waals surface area (Å²) in [7, 11) is 0. The molecule has 0 unspecified atom stereocenters. The molecule has 0 aliphatic carbocycles. The Balaban J connectivity index is 1.37. The van der Waals surface area contributed by atoms with Crippen LogP contribution in [0.5, 0.6) is 0 Å². The van der Waals surface area contributed by atoms with Gasteiger partial charge in [-0.3, -0.25) is 9.80 Å². The summed E-state index contributed by atoms with van der Waals surface area (Å²) in [6.07, 6.45) is 6.83. The third-order valence-corrected chi connectivity index (χ3v) is 6.17. The van der Waals surface area contributed by atoms with Gasteiger partial charge in [-0.05, 0) is 74.5 Å². The smallest absolute Gasteiger partial charge is 0.0236 e. The van der Waals surface area contributed by atoms with E-state index in [0.29, 0.717) is 0 Å². The van der Waals surface area contributed by atoms with Gasteiger partial charge in [-0.1, -0.05) is 55.0 Å². The molecule has 0 saturated carbocycles. The molecule has 0 spiro atoms. The maximum absolute atomic E-state index is 2.60. The fourth-order valence-corrected chi connectivity index (χ4v) is 4.44. The maximum Gasteiger partial charge on any atom is 0.0236 e. The zero-order valence-corrected chi connectivity index (χ0v) is 16.2. The van der Waals surface area contributed by atoms with Gasteiger partial charge in [0.1, 0.15) is 0 Å². The average Bonchev–Trinajstić information content (AvgIpc) is 3.09. The highest BCUT2D eigenvalue weighted by Gasteiger charge is 2.19. The highest BCUT2D eigenvalue weighted by molar-refractivity contribution is 5.63. The predicted molar refractivity (Wildman–Crippen MR) is 110 cm³/mol. The summed E-state index contributed by atoms with van der Waals surface area (Å²) in [5.41, 5.74) is 5.53. The van der Waals surface area contributed by atoms with E-state index in [4.69, 9.17) is 0 Å². The molecule has 2 aromatic carbocycles. The number of rotatable bonds is 5. The van der Waals surface area contributed by atoms with Crippen LogP contribution in [0, 0.1) is 0 Å². The number of piperidine rings is 1. The third kappa shape index (κ3) is 4.36. The summed E-state index contributed by atoms with van der Waals surface area (Å²) in [5, 5.41) is 0. The van der Waals surface area contributed by atoms with Gasteiger partial charge in [-0.25, -0.2) is 0 Å². The highest BCUT2D eigenvalue weighted by atomic mass is 15.2. The molecule has 138 valence electrons. The SMILES string of the molecule is C[C@@H]1CCCN1Cc1ccc(-c2ccc(CN3CCCCC3)cc2)cc1. The maximum atomic E-state index is 2.60. The van der Waals surface area contributed by atoms with Crippen molar-refractivity contribution >= 4 is 0 Å². The van der Waals surface area contributed by atoms with Crippen molar-refractivity contribution in [1.29, 1.82) is 0 Å². The minimum Gasteiger partial charge on any atom is -0.299 e. The van der Waals surface area contributed by atoms with Crippen LogP contribution in [0.4, 0.5) is 0 Å². The minimum absolute atomic E-state index is 0.738. The quantitative estimate of drug-likeness (QED) is 0.721. The van der Waals surface area contributed by atoms with E-state index in [-0.39, 0.29) is 0 Å². The van der Waals surface area contributed by atoms with Gasteiger partial charge in [0.05, 0.1) is 0 Å². The molecular formula is C24H32N2. The molecule has 2 nitrogen and oxygen atoms in total. The van der Waals surface area contributed by atoms with Crippen molar-refractivity contribution in [3.63, 3.8) is 0 Å². The van der Waals surface area contributed by atoms with Crippen molar-refractivity contribution < 1.29 is 0 Å². The Morgan fingerprint density at radius 2 is 1.27 bits per heavy atom. The van der Waals surface area contributed by atoms with Crippen LogP contribution in [0.3, 0.4) is 0 Å². The molecule has 2 aromatic rings. The molecule has 2 heterocycles. The van der Waals surface area contributed by atoms with Crippen LogP contribution >= 0.6 is 0 Å². The number of likely N-dealkylation sites (tertiary alicyclic amines) is 2. The van der Waals surface area contributed by atoms with E-state index < -0.39 is 0 Å². The Hall–Kier alpha value is -1.64. The van der Waals surface area contributed by atoms with Gasteiger partial charge < -0.3 is 0 Å². The van der Waals surface area contributed by atoms with Crippen molar-refractivity contribution in [2.24, 2.45) is 0 Å². The van der Waals surface area contributed by atoms with Crippen LogP contribution < -0.4 is 0 Å². The first-order valence-corrected chi connectivity index (χ1v) is 10.4. The Kier molecular flexibility index (Phi) is 5.72. The van der Waals surface area contributed by atoms with Gasteiger partial charge >= 0.3 is 0 Å². The van der Waals surface area contributed by atoms with Crippen molar-refractivity contribution in [2.75, 3.05) is 19.6 Å². The molecule has 0 radical (unpaired) electrons. The molecule has 0 N–H and O–H groups in total. The zero-order valence-electron chi connectivity index (χ0n) is 16.2. The van der Waals surface area contributed by atoms with Gasteiger partial charge in [-0.2, -0.15) is 0 Å². The van der Waals surface area contributed by atoms with E-state index in [1.807, 2.05) is 0 Å². The molecule has 2 fully saturated rings. The molecule has 2 heteroatoms. The molecule has 2 aliphatic rings. The molecule has 26 heavy (non-hydrogen) atoms. The van der Waals surface area contributed by atoms with E-state index in [9.17, 15) is 0 Å². The van der Waals surface area contributed by atoms with Crippen LogP contribution in [0.25, 0.3) is 11.1 Å². The highest BCUT2D eigenvalue weighted by Crippen LogP contribution is 2.24. The Bertz CT molecular complexity index is 683. The van der Waals surface area contributed by atoms with Crippen LogP contribution in [0.1, 0.15) is 50.2 Å². The second kappa shape index (κ2) is 8.37. The Morgan fingerprint density at radius 3 is 1.81 bits per heavy atom. The monoisotopic (exact) mass is 348 g/mol. The second-order valence-electron chi connectivity index (χ2n) is 8.19. The first-order chi connectivity index (χ1) is 12.8. The minimum atomic E-state index is 0.738. The second-order valence-corrected chi connectivity index (χ2v) is 8.19. The molecule has 4 rings (SSSR count). The van der Waals surface area contributed by atoms with Gasteiger partial charge in [0.2, 0.25) is 0 Å². The lowest BCUT2D eigenvalue weighted by Crippen LogP contribution is -2.28. The standard InChI is InChI=1S/C24H32N2/c1-20-6-5-17-26(20)19-22-9-13-24(14-10-22)23-11-7-21(8-12-23)18-25-15-3-2-4-16-25/h7-14,20H,2-6,15-19H2,1H3/t20-/m1/s1. The Morgan fingerprint density at radius 1 is 0.692 bits per heavy atom. The first-order valence-electron chi connectivity index (χ1n) is 10.4. The first kappa shape index (κ1) is 17.8. The van der Waals surface area contributed by atoms with Gasteiger partial charge in [0.15, 0.2) is 0 Å². The molecule has 2 aliphatic heterocycles. The van der Waals surface area contributed by atoms with E-state index in [1.165, 1.54) is 74.0 Å². The van der Waals surface area contributed by atoms with Gasteiger partial charge in [0.25, 0.3) is 0 Å². The molecule has 2 saturated heterocycles. The average molecular weight is 349 g/mol. The van der Waals surface area contributed by atoms with Crippen LogP contribution in [-0.4, -0.2) is 35.5 Å². The van der Waals surface area contributed by atoms with E-state index >= 15 is 0 Å². The van der Waals surface area contributed by atoms with E-state index in [1.54, 1.807) is 0 Å². The molecule has 0 aromatic heterocycles. The van der Waals surface area contributed by atoms with Gasteiger partial charge in [-0.15, -0.1) is 0 Å². The number of nitrogens with zero attached hydrogens (tertiary/aromatic N) is 2. The van der Waals surface area contributed by atoms with Crippen LogP contribution in [0.15, 0.2) is 48.5 Å². The van der Waals surface area contributed by atoms with Gasteiger partial charge in [0, 0.05) is 19.1 Å². The number of benzene rings is 2. The Labute approximate surface area is 158 Å². The molecular weight excluding hydrogens is 316 g/mol. The lowest BCUT2D eigenvalue weighted by Gasteiger charge is -2.26. The van der Waals surface area contributed by atoms with Crippen LogP contribution in [0.2, 0.25) is 0 Å². The van der Waals surface area contributed by atoms with Crippen molar-refractivity contribution in [3.8, 4) is 11.1 Å². The summed E-state index contributed by atoms with van der Waals surface area (Å²) >= 11 is 0. The molecule has 0 bridgehead atoms. The number of hydrogen-bond acceptors (Lipinski definition) is 2. The lowest BCUT2D eigenvalue weighted by atomic mass is 10.0. The zero-order chi connectivity index (χ0) is 17.8. The number of hydrogen-bond donors (Lipinski definition) is 0. The summed E-state index contributed by atoms with van der Waals surface area (Å²) in [6.45, 7) is 8.33. The molecule has 1 atom stereocenters. The van der Waals surface area contributed by atoms with Crippen LogP contribution in [-0.2, 0) is 13.1 Å². The largest absolute Gasteiger partial charge is 0.299 e. The summed E-state index contributed by atoms with van der Waals surface area (Å²) in [4.78, 5) is 5.19. The summed E-state index contributed by atoms with van der Waals surface area (Å²) in [6, 6.07) is 19.1. The fraction of sp³-hybridized carbons (Fsp3) is 0.500. The lowest BCUT2D eigenvalue weighted by molar-refractivity contribution is 0.221. The van der Waals surface area contributed by atoms with Crippen molar-refractivity contribution in [1.82, 2.24) is 9.80 Å². The summed E-state index contributed by atoms with van der Waals surface area (Å²) < 4.78 is 0. The normalized spacial score (nSPS) is 22.0. The molecule has 0 amide bonds. The predicted octanol–water partition coefficient (Wildman–Crippen LogP) is 5.32. The van der Waals surface area contributed by atoms with E-state index in [2.05, 4.69) is 65.3 Å². The van der Waals surface area contributed by atoms with Crippen molar-refractivity contribution in [2.45, 2.75) is 58.2 Å². The third-order valence-electron chi connectivity index (χ3n) is 6.17. The van der Waals surface area contributed by atoms with Crippen molar-refractivity contribution in [3.05, 3.63) is 59.7 Å². The topological polar surface area (TPSA) is 6.48 Å². The summed E-state index contributed by atoms with van der Waals surface area (Å²) in [5.74, 6) is 0.